The summed E-state index contributed by atoms with van der Waals surface area (Å²) in [5, 5.41) is 19.9. The molecule has 2 aromatic rings. The molecule has 0 bridgehead atoms. The van der Waals surface area contributed by atoms with E-state index in [0.717, 1.165) is 11.9 Å². The van der Waals surface area contributed by atoms with E-state index in [-0.39, 0.29) is 11.8 Å². The number of hydrogen-bond donors (Lipinski definition) is 2. The summed E-state index contributed by atoms with van der Waals surface area (Å²) in [6.45, 7) is 0. The number of nitrogens with zero attached hydrogens (tertiary/aromatic N) is 1. The second kappa shape index (κ2) is 4.49. The second-order valence-corrected chi connectivity index (χ2v) is 4.76. The van der Waals surface area contributed by atoms with Crippen LogP contribution in [0.2, 0.25) is 10.0 Å². The molecule has 2 rings (SSSR count). The lowest BCUT2D eigenvalue weighted by molar-refractivity contribution is 0.416. The van der Waals surface area contributed by atoms with Crippen LogP contribution in [-0.4, -0.2) is 14.2 Å². The Hall–Kier alpha value is -0.970. The lowest BCUT2D eigenvalue weighted by Crippen LogP contribution is -1.86. The standard InChI is InChI=1S/C10H7Cl2NO2S/c11-6-2-1-3-7(12)10(6)16-13-8(14)4-5-9(13)15/h1-5,14-15H. The first kappa shape index (κ1) is 11.5. The molecule has 0 spiro atoms. The fraction of sp³-hybridized carbons (Fsp3) is 0. The average molecular weight is 276 g/mol. The predicted molar refractivity (Wildman–Crippen MR) is 65.5 cm³/mol. The minimum absolute atomic E-state index is 0.0708. The van der Waals surface area contributed by atoms with Crippen LogP contribution in [0.15, 0.2) is 35.2 Å². The van der Waals surface area contributed by atoms with E-state index in [9.17, 15) is 10.2 Å². The summed E-state index contributed by atoms with van der Waals surface area (Å²) < 4.78 is 1.23. The van der Waals surface area contributed by atoms with Crippen molar-refractivity contribution in [3.63, 3.8) is 0 Å². The van der Waals surface area contributed by atoms with Crippen LogP contribution in [0.25, 0.3) is 0 Å². The number of rotatable bonds is 2. The van der Waals surface area contributed by atoms with Gasteiger partial charge in [-0.1, -0.05) is 29.3 Å². The number of aromatic hydroxyl groups is 2. The van der Waals surface area contributed by atoms with Crippen molar-refractivity contribution < 1.29 is 10.2 Å². The van der Waals surface area contributed by atoms with Crippen molar-refractivity contribution in [3.05, 3.63) is 40.4 Å². The highest BCUT2D eigenvalue weighted by Gasteiger charge is 2.12. The smallest absolute Gasteiger partial charge is 0.204 e. The summed E-state index contributed by atoms with van der Waals surface area (Å²) in [6, 6.07) is 7.87. The van der Waals surface area contributed by atoms with E-state index in [0.29, 0.717) is 14.9 Å². The molecule has 0 aliphatic heterocycles. The van der Waals surface area contributed by atoms with Crippen LogP contribution in [0.3, 0.4) is 0 Å². The van der Waals surface area contributed by atoms with Crippen molar-refractivity contribution in [2.75, 3.05) is 0 Å². The van der Waals surface area contributed by atoms with E-state index in [1.165, 1.54) is 16.1 Å². The number of benzene rings is 1. The molecular formula is C10H7Cl2NO2S. The van der Waals surface area contributed by atoms with Crippen LogP contribution in [0.4, 0.5) is 0 Å². The Kier molecular flexibility index (Phi) is 3.23. The van der Waals surface area contributed by atoms with Gasteiger partial charge in [-0.25, -0.2) is 3.97 Å². The van der Waals surface area contributed by atoms with Gasteiger partial charge >= 0.3 is 0 Å². The quantitative estimate of drug-likeness (QED) is 0.877. The Balaban J connectivity index is 2.41. The molecule has 84 valence electrons. The van der Waals surface area contributed by atoms with E-state index in [4.69, 9.17) is 23.2 Å². The molecule has 0 aliphatic carbocycles. The van der Waals surface area contributed by atoms with Gasteiger partial charge in [0.15, 0.2) is 0 Å². The maximum Gasteiger partial charge on any atom is 0.204 e. The largest absolute Gasteiger partial charge is 0.494 e. The van der Waals surface area contributed by atoms with Crippen molar-refractivity contribution in [1.29, 1.82) is 0 Å². The SMILES string of the molecule is Oc1ccc(O)n1Sc1c(Cl)cccc1Cl. The summed E-state index contributed by atoms with van der Waals surface area (Å²) in [7, 11) is 0. The average Bonchev–Trinajstić information content (AvgIpc) is 2.54. The molecule has 2 N–H and O–H groups in total. The maximum atomic E-state index is 9.47. The van der Waals surface area contributed by atoms with E-state index in [1.807, 2.05) is 0 Å². The third-order valence-corrected chi connectivity index (χ3v) is 3.93. The molecule has 1 heterocycles. The Morgan fingerprint density at radius 1 is 0.938 bits per heavy atom. The zero-order valence-corrected chi connectivity index (χ0v) is 10.2. The van der Waals surface area contributed by atoms with Gasteiger partial charge in [0.2, 0.25) is 11.8 Å². The van der Waals surface area contributed by atoms with Crippen molar-refractivity contribution in [3.8, 4) is 11.8 Å². The highest BCUT2D eigenvalue weighted by atomic mass is 35.5. The van der Waals surface area contributed by atoms with Gasteiger partial charge in [0.25, 0.3) is 0 Å². The molecular weight excluding hydrogens is 269 g/mol. The molecule has 1 aromatic heterocycles. The summed E-state index contributed by atoms with van der Waals surface area (Å²) in [5.74, 6) is -0.142. The second-order valence-electron chi connectivity index (χ2n) is 2.99. The van der Waals surface area contributed by atoms with Gasteiger partial charge in [-0.3, -0.25) is 0 Å². The zero-order valence-electron chi connectivity index (χ0n) is 7.89. The van der Waals surface area contributed by atoms with Gasteiger partial charge in [0.1, 0.15) is 0 Å². The highest BCUT2D eigenvalue weighted by Crippen LogP contribution is 2.39. The number of hydrogen-bond acceptors (Lipinski definition) is 3. The first-order valence-electron chi connectivity index (χ1n) is 4.31. The van der Waals surface area contributed by atoms with Gasteiger partial charge < -0.3 is 10.2 Å². The third-order valence-electron chi connectivity index (χ3n) is 1.90. The van der Waals surface area contributed by atoms with E-state index in [1.54, 1.807) is 18.2 Å². The molecule has 1 aromatic carbocycles. The normalized spacial score (nSPS) is 10.6. The molecule has 0 aliphatic rings. The fourth-order valence-electron chi connectivity index (χ4n) is 1.16. The van der Waals surface area contributed by atoms with Crippen LogP contribution in [0.5, 0.6) is 11.8 Å². The highest BCUT2D eigenvalue weighted by molar-refractivity contribution is 7.98. The van der Waals surface area contributed by atoms with Crippen molar-refractivity contribution in [2.45, 2.75) is 4.90 Å². The van der Waals surface area contributed by atoms with Crippen LogP contribution in [-0.2, 0) is 0 Å². The summed E-state index contributed by atoms with van der Waals surface area (Å²) in [4.78, 5) is 0.577. The van der Waals surface area contributed by atoms with E-state index in [2.05, 4.69) is 0 Å². The van der Waals surface area contributed by atoms with E-state index >= 15 is 0 Å². The Labute approximate surface area is 106 Å². The summed E-state index contributed by atoms with van der Waals surface area (Å²) >= 11 is 13.0. The summed E-state index contributed by atoms with van der Waals surface area (Å²) in [5.41, 5.74) is 0. The lowest BCUT2D eigenvalue weighted by Gasteiger charge is -2.08. The van der Waals surface area contributed by atoms with Gasteiger partial charge in [-0.2, -0.15) is 0 Å². The van der Waals surface area contributed by atoms with Gasteiger partial charge in [0, 0.05) is 24.1 Å². The molecule has 6 heteroatoms. The minimum Gasteiger partial charge on any atom is -0.494 e. The Bertz CT molecular complexity index is 488. The number of halogens is 2. The zero-order chi connectivity index (χ0) is 11.7. The topological polar surface area (TPSA) is 45.4 Å². The summed E-state index contributed by atoms with van der Waals surface area (Å²) in [6.07, 6.45) is 0. The minimum atomic E-state index is -0.0708. The van der Waals surface area contributed by atoms with Crippen LogP contribution >= 0.6 is 35.1 Å². The molecule has 0 saturated carbocycles. The number of aromatic nitrogens is 1. The molecule has 0 saturated heterocycles. The maximum absolute atomic E-state index is 9.47. The van der Waals surface area contributed by atoms with E-state index < -0.39 is 0 Å². The van der Waals surface area contributed by atoms with Crippen LogP contribution in [0, 0.1) is 0 Å². The molecule has 0 atom stereocenters. The van der Waals surface area contributed by atoms with Crippen LogP contribution in [0.1, 0.15) is 0 Å². The predicted octanol–water partition coefficient (Wildman–Crippen LogP) is 3.76. The third kappa shape index (κ3) is 2.09. The van der Waals surface area contributed by atoms with Gasteiger partial charge in [0.05, 0.1) is 14.9 Å². The first-order valence-corrected chi connectivity index (χ1v) is 5.84. The van der Waals surface area contributed by atoms with Crippen molar-refractivity contribution >= 4 is 35.1 Å². The monoisotopic (exact) mass is 275 g/mol. The van der Waals surface area contributed by atoms with Crippen molar-refractivity contribution in [1.82, 2.24) is 3.97 Å². The Morgan fingerprint density at radius 2 is 1.44 bits per heavy atom. The molecule has 0 radical (unpaired) electrons. The fourth-order valence-corrected chi connectivity index (χ4v) is 2.56. The molecule has 0 amide bonds. The molecule has 16 heavy (non-hydrogen) atoms. The van der Waals surface area contributed by atoms with Gasteiger partial charge in [-0.05, 0) is 12.1 Å². The van der Waals surface area contributed by atoms with Crippen molar-refractivity contribution in [2.24, 2.45) is 0 Å². The lowest BCUT2D eigenvalue weighted by atomic mass is 10.4. The first-order chi connectivity index (χ1) is 7.59. The Morgan fingerprint density at radius 3 is 1.94 bits per heavy atom. The van der Waals surface area contributed by atoms with Crippen LogP contribution < -0.4 is 0 Å². The molecule has 0 unspecified atom stereocenters. The molecule has 3 nitrogen and oxygen atoms in total. The van der Waals surface area contributed by atoms with Gasteiger partial charge in [-0.15, -0.1) is 0 Å². The molecule has 0 fully saturated rings.